The third-order valence-electron chi connectivity index (χ3n) is 3.99. The molecule has 1 aromatic carbocycles. The quantitative estimate of drug-likeness (QED) is 0.791. The zero-order chi connectivity index (χ0) is 14.1. The van der Waals surface area contributed by atoms with Gasteiger partial charge in [0, 0.05) is 26.2 Å². The van der Waals surface area contributed by atoms with Gasteiger partial charge in [-0.15, -0.1) is 0 Å². The largest absolute Gasteiger partial charge is 0.397 e. The minimum absolute atomic E-state index is 0.389. The average Bonchev–Trinajstić information content (AvgIpc) is 2.49. The van der Waals surface area contributed by atoms with E-state index in [1.165, 1.54) is 0 Å². The number of benzene rings is 1. The van der Waals surface area contributed by atoms with Crippen molar-refractivity contribution in [3.63, 3.8) is 0 Å². The second kappa shape index (κ2) is 5.49. The minimum Gasteiger partial charge on any atom is -0.397 e. The molecule has 0 radical (unpaired) electrons. The first kappa shape index (κ1) is 13.5. The Balaban J connectivity index is 1.86. The third-order valence-corrected chi connectivity index (χ3v) is 4.40. The van der Waals surface area contributed by atoms with Crippen molar-refractivity contribution in [2.45, 2.75) is 6.04 Å². The molecule has 2 fully saturated rings. The lowest BCUT2D eigenvalue weighted by atomic mass is 10.1. The van der Waals surface area contributed by atoms with E-state index in [9.17, 15) is 0 Å². The lowest BCUT2D eigenvalue weighted by molar-refractivity contribution is -0.0116. The summed E-state index contributed by atoms with van der Waals surface area (Å²) in [7, 11) is 0. The number of nitrogen functional groups attached to an aromatic ring is 1. The summed E-state index contributed by atoms with van der Waals surface area (Å²) in [5.74, 6) is 0. The average molecular weight is 293 g/mol. The summed E-state index contributed by atoms with van der Waals surface area (Å²) in [4.78, 5) is 4.65. The molecule has 1 atom stereocenters. The SMILES string of the molecule is N#Cc1cc(N)c(Cl)c(N2CCN3CCOC[C@H]3C2)c1. The van der Waals surface area contributed by atoms with E-state index >= 15 is 0 Å². The number of rotatable bonds is 1. The van der Waals surface area contributed by atoms with E-state index in [1.807, 2.05) is 6.07 Å². The predicted octanol–water partition coefficient (Wildman–Crippen LogP) is 1.31. The number of nitrogens with zero attached hydrogens (tertiary/aromatic N) is 3. The third kappa shape index (κ3) is 2.42. The van der Waals surface area contributed by atoms with Gasteiger partial charge in [-0.25, -0.2) is 0 Å². The van der Waals surface area contributed by atoms with Gasteiger partial charge in [-0.3, -0.25) is 4.90 Å². The Morgan fingerprint density at radius 2 is 2.20 bits per heavy atom. The van der Waals surface area contributed by atoms with E-state index in [-0.39, 0.29) is 0 Å². The highest BCUT2D eigenvalue weighted by Gasteiger charge is 2.30. The predicted molar refractivity (Wildman–Crippen MR) is 79.0 cm³/mol. The molecule has 6 heteroatoms. The van der Waals surface area contributed by atoms with Crippen LogP contribution in [-0.4, -0.2) is 50.3 Å². The molecule has 0 aromatic heterocycles. The molecule has 2 N–H and O–H groups in total. The van der Waals surface area contributed by atoms with E-state index in [4.69, 9.17) is 27.3 Å². The van der Waals surface area contributed by atoms with Crippen molar-refractivity contribution in [1.29, 1.82) is 5.26 Å². The summed E-state index contributed by atoms with van der Waals surface area (Å²) in [6.07, 6.45) is 0. The van der Waals surface area contributed by atoms with Gasteiger partial charge < -0.3 is 15.4 Å². The van der Waals surface area contributed by atoms with Gasteiger partial charge in [0.15, 0.2) is 0 Å². The number of piperazine rings is 1. The van der Waals surface area contributed by atoms with Crippen LogP contribution >= 0.6 is 11.6 Å². The van der Waals surface area contributed by atoms with E-state index < -0.39 is 0 Å². The van der Waals surface area contributed by atoms with Crippen LogP contribution in [0.4, 0.5) is 11.4 Å². The van der Waals surface area contributed by atoms with Crippen molar-refractivity contribution in [1.82, 2.24) is 4.90 Å². The van der Waals surface area contributed by atoms with E-state index in [0.717, 1.165) is 45.1 Å². The maximum Gasteiger partial charge on any atom is 0.0993 e. The first-order valence-electron chi connectivity index (χ1n) is 6.75. The van der Waals surface area contributed by atoms with Crippen LogP contribution in [0.1, 0.15) is 5.56 Å². The van der Waals surface area contributed by atoms with Gasteiger partial charge in [0.25, 0.3) is 0 Å². The highest BCUT2D eigenvalue weighted by molar-refractivity contribution is 6.35. The molecular formula is C14H17ClN4O. The molecule has 1 aromatic rings. The molecule has 2 aliphatic rings. The van der Waals surface area contributed by atoms with Crippen molar-refractivity contribution in [3.05, 3.63) is 22.7 Å². The van der Waals surface area contributed by atoms with Crippen LogP contribution in [0.2, 0.25) is 5.02 Å². The summed E-state index contributed by atoms with van der Waals surface area (Å²) < 4.78 is 5.54. The van der Waals surface area contributed by atoms with Gasteiger partial charge in [0.05, 0.1) is 47.3 Å². The van der Waals surface area contributed by atoms with Crippen molar-refractivity contribution in [2.24, 2.45) is 0 Å². The Morgan fingerprint density at radius 1 is 1.35 bits per heavy atom. The fourth-order valence-corrected chi connectivity index (χ4v) is 3.12. The number of nitriles is 1. The highest BCUT2D eigenvalue weighted by atomic mass is 35.5. The van der Waals surface area contributed by atoms with Crippen LogP contribution in [0.15, 0.2) is 12.1 Å². The molecule has 20 heavy (non-hydrogen) atoms. The molecule has 0 unspecified atom stereocenters. The summed E-state index contributed by atoms with van der Waals surface area (Å²) in [6, 6.07) is 5.95. The van der Waals surface area contributed by atoms with Crippen LogP contribution in [0.5, 0.6) is 0 Å². The molecule has 5 nitrogen and oxygen atoms in total. The number of halogens is 1. The second-order valence-corrected chi connectivity index (χ2v) is 5.60. The summed E-state index contributed by atoms with van der Waals surface area (Å²) in [5, 5.41) is 9.60. The van der Waals surface area contributed by atoms with Gasteiger partial charge in [0.1, 0.15) is 0 Å². The number of anilines is 2. The standard InChI is InChI=1S/C14H17ClN4O/c15-14-12(17)5-10(7-16)6-13(14)19-2-1-18-3-4-20-9-11(18)8-19/h5-6,11H,1-4,8-9,17H2/t11-/m1/s1. The molecule has 2 aliphatic heterocycles. The van der Waals surface area contributed by atoms with E-state index in [0.29, 0.717) is 22.3 Å². The number of morpholine rings is 1. The number of hydrogen-bond donors (Lipinski definition) is 1. The maximum atomic E-state index is 9.07. The number of ether oxygens (including phenoxy) is 1. The first-order chi connectivity index (χ1) is 9.69. The monoisotopic (exact) mass is 292 g/mol. The fraction of sp³-hybridized carbons (Fsp3) is 0.500. The Bertz CT molecular complexity index is 557. The summed E-state index contributed by atoms with van der Waals surface area (Å²) >= 11 is 6.31. The van der Waals surface area contributed by atoms with Crippen LogP contribution < -0.4 is 10.6 Å². The second-order valence-electron chi connectivity index (χ2n) is 5.22. The normalized spacial score (nSPS) is 23.2. The summed E-state index contributed by atoms with van der Waals surface area (Å²) in [5.41, 5.74) is 7.75. The van der Waals surface area contributed by atoms with Crippen molar-refractivity contribution >= 4 is 23.0 Å². The number of nitrogens with two attached hydrogens (primary N) is 1. The molecule has 0 bridgehead atoms. The Kier molecular flexibility index (Phi) is 3.70. The van der Waals surface area contributed by atoms with Gasteiger partial charge in [-0.2, -0.15) is 5.26 Å². The molecule has 106 valence electrons. The van der Waals surface area contributed by atoms with Gasteiger partial charge in [-0.05, 0) is 12.1 Å². The first-order valence-corrected chi connectivity index (χ1v) is 7.12. The number of fused-ring (bicyclic) bond motifs is 1. The molecule has 3 rings (SSSR count). The maximum absolute atomic E-state index is 9.07. The minimum atomic E-state index is 0.389. The molecule has 0 saturated carbocycles. The molecule has 0 aliphatic carbocycles. The molecule has 0 amide bonds. The van der Waals surface area contributed by atoms with Crippen molar-refractivity contribution in [2.75, 3.05) is 50.0 Å². The topological polar surface area (TPSA) is 65.5 Å². The van der Waals surface area contributed by atoms with Crippen LogP contribution in [-0.2, 0) is 4.74 Å². The zero-order valence-corrected chi connectivity index (χ0v) is 11.9. The van der Waals surface area contributed by atoms with Crippen LogP contribution in [0.25, 0.3) is 0 Å². The zero-order valence-electron chi connectivity index (χ0n) is 11.2. The van der Waals surface area contributed by atoms with Crippen LogP contribution in [0.3, 0.4) is 0 Å². The van der Waals surface area contributed by atoms with Crippen molar-refractivity contribution in [3.8, 4) is 6.07 Å². The lowest BCUT2D eigenvalue weighted by Crippen LogP contribution is -2.58. The van der Waals surface area contributed by atoms with Crippen LogP contribution in [0, 0.1) is 11.3 Å². The Labute approximate surface area is 123 Å². The lowest BCUT2D eigenvalue weighted by Gasteiger charge is -2.44. The highest BCUT2D eigenvalue weighted by Crippen LogP contribution is 2.34. The molecule has 0 spiro atoms. The Hall–Kier alpha value is -1.48. The Morgan fingerprint density at radius 3 is 3.00 bits per heavy atom. The van der Waals surface area contributed by atoms with Gasteiger partial charge in [0.2, 0.25) is 0 Å². The van der Waals surface area contributed by atoms with Gasteiger partial charge >= 0.3 is 0 Å². The molecule has 2 heterocycles. The summed E-state index contributed by atoms with van der Waals surface area (Å²) in [6.45, 7) is 5.29. The van der Waals surface area contributed by atoms with Gasteiger partial charge in [-0.1, -0.05) is 11.6 Å². The van der Waals surface area contributed by atoms with Crippen molar-refractivity contribution < 1.29 is 4.74 Å². The smallest absolute Gasteiger partial charge is 0.0993 e. The van der Waals surface area contributed by atoms with E-state index in [1.54, 1.807) is 6.07 Å². The molecular weight excluding hydrogens is 276 g/mol. The molecule has 2 saturated heterocycles. The number of hydrogen-bond acceptors (Lipinski definition) is 5. The fourth-order valence-electron chi connectivity index (χ4n) is 2.89. The van der Waals surface area contributed by atoms with E-state index in [2.05, 4.69) is 15.9 Å².